The van der Waals surface area contributed by atoms with Gasteiger partial charge >= 0.3 is 0 Å². The van der Waals surface area contributed by atoms with E-state index in [1.165, 1.54) is 12.1 Å². The van der Waals surface area contributed by atoms with Gasteiger partial charge in [-0.05, 0) is 18.6 Å². The zero-order chi connectivity index (χ0) is 12.3. The van der Waals surface area contributed by atoms with Crippen LogP contribution >= 0.6 is 0 Å². The minimum absolute atomic E-state index is 0.0684. The summed E-state index contributed by atoms with van der Waals surface area (Å²) in [4.78, 5) is 10.1. The topological polar surface area (TPSA) is 88.2 Å². The Morgan fingerprint density at radius 2 is 2.41 bits per heavy atom. The lowest BCUT2D eigenvalue weighted by molar-refractivity contribution is -0.385. The summed E-state index contributed by atoms with van der Waals surface area (Å²) in [7, 11) is 0. The molecule has 1 heterocycles. The van der Waals surface area contributed by atoms with Gasteiger partial charge in [-0.25, -0.2) is 0 Å². The van der Waals surface area contributed by atoms with Gasteiger partial charge in [-0.15, -0.1) is 0 Å². The Morgan fingerprint density at radius 1 is 1.59 bits per heavy atom. The zero-order valence-electron chi connectivity index (χ0n) is 9.05. The van der Waals surface area contributed by atoms with Crippen molar-refractivity contribution in [3.63, 3.8) is 0 Å². The first-order valence-electron chi connectivity index (χ1n) is 5.23. The fourth-order valence-corrected chi connectivity index (χ4v) is 1.76. The minimum Gasteiger partial charge on any atom is -0.380 e. The quantitative estimate of drug-likeness (QED) is 0.633. The van der Waals surface area contributed by atoms with E-state index in [1.807, 2.05) is 6.07 Å². The fourth-order valence-electron chi connectivity index (χ4n) is 1.76. The zero-order valence-corrected chi connectivity index (χ0v) is 9.05. The molecule has 17 heavy (non-hydrogen) atoms. The summed E-state index contributed by atoms with van der Waals surface area (Å²) in [6.45, 7) is 1.34. The van der Waals surface area contributed by atoms with Gasteiger partial charge in [0, 0.05) is 18.4 Å². The van der Waals surface area contributed by atoms with Crippen molar-refractivity contribution in [2.45, 2.75) is 12.5 Å². The van der Waals surface area contributed by atoms with E-state index in [0.29, 0.717) is 12.3 Å². The summed E-state index contributed by atoms with van der Waals surface area (Å²) in [6, 6.07) is 6.49. The van der Waals surface area contributed by atoms with E-state index in [2.05, 4.69) is 5.32 Å². The van der Waals surface area contributed by atoms with Crippen molar-refractivity contribution in [2.24, 2.45) is 0 Å². The van der Waals surface area contributed by atoms with Gasteiger partial charge in [0.1, 0.15) is 11.6 Å². The second-order valence-corrected chi connectivity index (χ2v) is 3.81. The molecule has 1 aromatic carbocycles. The number of hydrogen-bond donors (Lipinski definition) is 1. The van der Waals surface area contributed by atoms with Crippen LogP contribution in [0.2, 0.25) is 0 Å². The second kappa shape index (κ2) is 4.80. The van der Waals surface area contributed by atoms with Crippen molar-refractivity contribution < 1.29 is 9.66 Å². The Labute approximate surface area is 98.0 Å². The summed E-state index contributed by atoms with van der Waals surface area (Å²) < 4.78 is 5.21. The van der Waals surface area contributed by atoms with Gasteiger partial charge in [-0.3, -0.25) is 10.1 Å². The lowest BCUT2D eigenvalue weighted by Crippen LogP contribution is -2.18. The molecule has 0 aliphatic carbocycles. The third-order valence-corrected chi connectivity index (χ3v) is 2.61. The van der Waals surface area contributed by atoms with Crippen LogP contribution in [0.1, 0.15) is 12.0 Å². The maximum atomic E-state index is 10.7. The molecule has 0 amide bonds. The average Bonchev–Trinajstić information content (AvgIpc) is 2.81. The van der Waals surface area contributed by atoms with Gasteiger partial charge in [0.15, 0.2) is 0 Å². The SMILES string of the molecule is N#Cc1cc(NC2CCOC2)ccc1[N+](=O)[O-]. The Morgan fingerprint density at radius 3 is 3.00 bits per heavy atom. The maximum Gasteiger partial charge on any atom is 0.287 e. The van der Waals surface area contributed by atoms with Crippen LogP contribution in [0.5, 0.6) is 0 Å². The molecule has 0 spiro atoms. The number of nitro benzene ring substituents is 1. The van der Waals surface area contributed by atoms with E-state index >= 15 is 0 Å². The van der Waals surface area contributed by atoms with Crippen LogP contribution in [0.15, 0.2) is 18.2 Å². The van der Waals surface area contributed by atoms with Gasteiger partial charge in [-0.1, -0.05) is 0 Å². The lowest BCUT2D eigenvalue weighted by Gasteiger charge is -2.11. The lowest BCUT2D eigenvalue weighted by atomic mass is 10.1. The highest BCUT2D eigenvalue weighted by Crippen LogP contribution is 2.23. The highest BCUT2D eigenvalue weighted by molar-refractivity contribution is 5.59. The van der Waals surface area contributed by atoms with Crippen LogP contribution in [-0.4, -0.2) is 24.2 Å². The Kier molecular flexibility index (Phi) is 3.21. The number of nitrogens with zero attached hydrogens (tertiary/aromatic N) is 2. The largest absolute Gasteiger partial charge is 0.380 e. The minimum atomic E-state index is -0.555. The van der Waals surface area contributed by atoms with Crippen LogP contribution in [0.3, 0.4) is 0 Å². The van der Waals surface area contributed by atoms with Crippen LogP contribution < -0.4 is 5.32 Å². The Hall–Kier alpha value is -2.13. The number of nitriles is 1. The predicted octanol–water partition coefficient (Wildman–Crippen LogP) is 1.67. The van der Waals surface area contributed by atoms with E-state index in [1.54, 1.807) is 6.07 Å². The predicted molar refractivity (Wildman–Crippen MR) is 60.7 cm³/mol. The molecule has 1 aliphatic rings. The van der Waals surface area contributed by atoms with Crippen LogP contribution in [-0.2, 0) is 4.74 Å². The highest BCUT2D eigenvalue weighted by atomic mass is 16.6. The maximum absolute atomic E-state index is 10.7. The Balaban J connectivity index is 2.19. The van der Waals surface area contributed by atoms with Crippen LogP contribution in [0.4, 0.5) is 11.4 Å². The molecule has 1 aliphatic heterocycles. The molecule has 0 saturated carbocycles. The molecule has 1 fully saturated rings. The first kappa shape index (κ1) is 11.4. The molecule has 0 aromatic heterocycles. The standard InChI is InChI=1S/C11H11N3O3/c12-6-8-5-9(1-2-11(8)14(15)16)13-10-3-4-17-7-10/h1-2,5,10,13H,3-4,7H2. The van der Waals surface area contributed by atoms with E-state index in [-0.39, 0.29) is 17.3 Å². The van der Waals surface area contributed by atoms with Gasteiger partial charge in [-0.2, -0.15) is 5.26 Å². The van der Waals surface area contributed by atoms with E-state index < -0.39 is 4.92 Å². The molecule has 0 bridgehead atoms. The number of hydrogen-bond acceptors (Lipinski definition) is 5. The third kappa shape index (κ3) is 2.52. The molecule has 88 valence electrons. The first-order valence-corrected chi connectivity index (χ1v) is 5.23. The molecule has 1 saturated heterocycles. The van der Waals surface area contributed by atoms with Crippen LogP contribution in [0, 0.1) is 21.4 Å². The van der Waals surface area contributed by atoms with Crippen molar-refractivity contribution >= 4 is 11.4 Å². The van der Waals surface area contributed by atoms with E-state index in [0.717, 1.165) is 13.0 Å². The van der Waals surface area contributed by atoms with Crippen molar-refractivity contribution in [1.29, 1.82) is 5.26 Å². The Bertz CT molecular complexity index is 475. The molecule has 1 aromatic rings. The number of rotatable bonds is 3. The second-order valence-electron chi connectivity index (χ2n) is 3.81. The number of nitro groups is 1. The van der Waals surface area contributed by atoms with Gasteiger partial charge in [0.25, 0.3) is 5.69 Å². The molecular weight excluding hydrogens is 222 g/mol. The van der Waals surface area contributed by atoms with E-state index in [4.69, 9.17) is 10.00 Å². The van der Waals surface area contributed by atoms with E-state index in [9.17, 15) is 10.1 Å². The molecule has 1 N–H and O–H groups in total. The number of nitrogens with one attached hydrogen (secondary N) is 1. The fraction of sp³-hybridized carbons (Fsp3) is 0.364. The molecule has 1 unspecified atom stereocenters. The number of ether oxygens (including phenoxy) is 1. The summed E-state index contributed by atoms with van der Waals surface area (Å²) in [5.74, 6) is 0. The molecular formula is C11H11N3O3. The van der Waals surface area contributed by atoms with Crippen molar-refractivity contribution in [1.82, 2.24) is 0 Å². The number of anilines is 1. The number of benzene rings is 1. The highest BCUT2D eigenvalue weighted by Gasteiger charge is 2.17. The molecule has 2 rings (SSSR count). The van der Waals surface area contributed by atoms with Gasteiger partial charge in [0.2, 0.25) is 0 Å². The van der Waals surface area contributed by atoms with Crippen LogP contribution in [0.25, 0.3) is 0 Å². The summed E-state index contributed by atoms with van der Waals surface area (Å²) in [5, 5.41) is 22.7. The summed E-state index contributed by atoms with van der Waals surface area (Å²) in [5.41, 5.74) is 0.613. The molecule has 6 nitrogen and oxygen atoms in total. The first-order chi connectivity index (χ1) is 8.20. The van der Waals surface area contributed by atoms with Gasteiger partial charge in [0.05, 0.1) is 17.6 Å². The summed E-state index contributed by atoms with van der Waals surface area (Å²) >= 11 is 0. The van der Waals surface area contributed by atoms with Crippen molar-refractivity contribution in [3.05, 3.63) is 33.9 Å². The average molecular weight is 233 g/mol. The third-order valence-electron chi connectivity index (χ3n) is 2.61. The monoisotopic (exact) mass is 233 g/mol. The van der Waals surface area contributed by atoms with Crippen molar-refractivity contribution in [2.75, 3.05) is 18.5 Å². The molecule has 1 atom stereocenters. The van der Waals surface area contributed by atoms with Crippen molar-refractivity contribution in [3.8, 4) is 6.07 Å². The summed E-state index contributed by atoms with van der Waals surface area (Å²) in [6.07, 6.45) is 0.902. The normalized spacial score (nSPS) is 18.6. The smallest absolute Gasteiger partial charge is 0.287 e. The molecule has 0 radical (unpaired) electrons. The molecule has 6 heteroatoms. The van der Waals surface area contributed by atoms with Gasteiger partial charge < -0.3 is 10.1 Å².